The van der Waals surface area contributed by atoms with Gasteiger partial charge in [0.25, 0.3) is 0 Å². The Morgan fingerprint density at radius 1 is 0.255 bits per heavy atom. The van der Waals surface area contributed by atoms with Crippen molar-refractivity contribution in [3.05, 3.63) is 200 Å². The lowest BCUT2D eigenvalue weighted by molar-refractivity contribution is 0.671. The summed E-state index contributed by atoms with van der Waals surface area (Å²) in [7, 11) is 0. The molecule has 0 radical (unpaired) electrons. The third-order valence-corrected chi connectivity index (χ3v) is 10.2. The molecule has 2 aromatic heterocycles. The summed E-state index contributed by atoms with van der Waals surface area (Å²) >= 11 is 0. The largest absolute Gasteiger partial charge is 0.455 e. The maximum Gasteiger partial charge on any atom is 0.164 e. The molecule has 0 bridgehead atoms. The molecule has 0 spiro atoms. The van der Waals surface area contributed by atoms with Crippen LogP contribution < -0.4 is 0 Å². The van der Waals surface area contributed by atoms with E-state index >= 15 is 0 Å². The fraction of sp³-hybridized carbons (Fsp3) is 0. The molecule has 0 atom stereocenters. The molecular formula is C51H33N3O. The van der Waals surface area contributed by atoms with Crippen LogP contribution >= 0.6 is 0 Å². The first-order chi connectivity index (χ1) is 27.2. The lowest BCUT2D eigenvalue weighted by Crippen LogP contribution is -2.00. The minimum atomic E-state index is 0.616. The van der Waals surface area contributed by atoms with E-state index in [4.69, 9.17) is 19.4 Å². The van der Waals surface area contributed by atoms with Crippen LogP contribution in [0.3, 0.4) is 0 Å². The summed E-state index contributed by atoms with van der Waals surface area (Å²) in [6.45, 7) is 0. The fourth-order valence-corrected chi connectivity index (χ4v) is 7.37. The van der Waals surface area contributed by atoms with Crippen LogP contribution in [0, 0.1) is 0 Å². The topological polar surface area (TPSA) is 51.8 Å². The van der Waals surface area contributed by atoms with Gasteiger partial charge in [0.15, 0.2) is 17.5 Å². The number of benzene rings is 8. The monoisotopic (exact) mass is 703 g/mol. The van der Waals surface area contributed by atoms with Crippen LogP contribution in [0.25, 0.3) is 101 Å². The maximum absolute atomic E-state index is 6.79. The number of hydrogen-bond acceptors (Lipinski definition) is 4. The lowest BCUT2D eigenvalue weighted by Gasteiger charge is -2.10. The summed E-state index contributed by atoms with van der Waals surface area (Å²) < 4.78 is 6.79. The Balaban J connectivity index is 1.02. The Morgan fingerprint density at radius 2 is 0.600 bits per heavy atom. The van der Waals surface area contributed by atoms with Gasteiger partial charge < -0.3 is 4.42 Å². The molecule has 10 rings (SSSR count). The quantitative estimate of drug-likeness (QED) is 0.166. The second kappa shape index (κ2) is 13.8. The first-order valence-electron chi connectivity index (χ1n) is 18.4. The van der Waals surface area contributed by atoms with Crippen LogP contribution in [-0.4, -0.2) is 15.0 Å². The van der Waals surface area contributed by atoms with Crippen molar-refractivity contribution in [2.45, 2.75) is 0 Å². The van der Waals surface area contributed by atoms with Crippen LogP contribution in [0.15, 0.2) is 205 Å². The highest BCUT2D eigenvalue weighted by molar-refractivity contribution is 6.13. The van der Waals surface area contributed by atoms with Gasteiger partial charge in [-0.05, 0) is 39.4 Å². The summed E-state index contributed by atoms with van der Waals surface area (Å²) in [5.41, 5.74) is 13.4. The van der Waals surface area contributed by atoms with Crippen molar-refractivity contribution in [3.8, 4) is 78.7 Å². The van der Waals surface area contributed by atoms with Crippen LogP contribution in [0.2, 0.25) is 0 Å². The summed E-state index contributed by atoms with van der Waals surface area (Å²) in [6.07, 6.45) is 0. The van der Waals surface area contributed by atoms with Gasteiger partial charge in [-0.3, -0.25) is 0 Å². The van der Waals surface area contributed by atoms with Crippen LogP contribution in [0.1, 0.15) is 0 Å². The van der Waals surface area contributed by atoms with Gasteiger partial charge in [-0.15, -0.1) is 0 Å². The van der Waals surface area contributed by atoms with Gasteiger partial charge in [-0.25, -0.2) is 15.0 Å². The molecule has 0 N–H and O–H groups in total. The first kappa shape index (κ1) is 32.2. The Hall–Kier alpha value is -7.43. The van der Waals surface area contributed by atoms with E-state index in [-0.39, 0.29) is 0 Å². The summed E-state index contributed by atoms with van der Waals surface area (Å²) in [5.74, 6) is 1.88. The molecule has 4 heteroatoms. The predicted octanol–water partition coefficient (Wildman–Crippen LogP) is 13.4. The molecule has 258 valence electrons. The lowest BCUT2D eigenvalue weighted by atomic mass is 9.98. The van der Waals surface area contributed by atoms with Gasteiger partial charge in [-0.2, -0.15) is 0 Å². The highest BCUT2D eigenvalue weighted by Gasteiger charge is 2.17. The number of fused-ring (bicyclic) bond motifs is 3. The zero-order chi connectivity index (χ0) is 36.6. The van der Waals surface area contributed by atoms with E-state index < -0.39 is 0 Å². The summed E-state index contributed by atoms with van der Waals surface area (Å²) in [5, 5.41) is 2.19. The summed E-state index contributed by atoms with van der Waals surface area (Å²) in [4.78, 5) is 15.0. The second-order valence-corrected chi connectivity index (χ2v) is 13.6. The molecule has 0 fully saturated rings. The van der Waals surface area contributed by atoms with E-state index in [1.807, 2.05) is 42.5 Å². The number of rotatable bonds is 7. The van der Waals surface area contributed by atoms with Gasteiger partial charge in [0.05, 0.1) is 0 Å². The molecule has 0 unspecified atom stereocenters. The molecule has 10 aromatic rings. The standard InChI is InChI=1S/C51H33N3O/c1-4-13-34(14-5-1)36-25-27-37(28-26-36)43-21-11-23-45-46-24-12-22-44(48(46)55-47(43)45)38-29-31-40(32-30-38)50-52-49(39-17-8-3-9-18-39)53-51(54-50)42-20-10-19-41(33-42)35-15-6-2-7-16-35/h1-33H. The molecule has 0 amide bonds. The average molecular weight is 704 g/mol. The molecule has 0 saturated carbocycles. The molecule has 0 saturated heterocycles. The van der Waals surface area contributed by atoms with E-state index in [0.29, 0.717) is 17.5 Å². The normalized spacial score (nSPS) is 11.3. The first-order valence-corrected chi connectivity index (χ1v) is 18.4. The minimum Gasteiger partial charge on any atom is -0.455 e. The van der Waals surface area contributed by atoms with Crippen molar-refractivity contribution < 1.29 is 4.42 Å². The van der Waals surface area contributed by atoms with E-state index in [9.17, 15) is 0 Å². The zero-order valence-corrected chi connectivity index (χ0v) is 29.8. The van der Waals surface area contributed by atoms with Crippen molar-refractivity contribution >= 4 is 21.9 Å². The molecule has 0 aliphatic heterocycles. The van der Waals surface area contributed by atoms with Gasteiger partial charge >= 0.3 is 0 Å². The molecular weight excluding hydrogens is 671 g/mol. The number of para-hydroxylation sites is 2. The third-order valence-electron chi connectivity index (χ3n) is 10.2. The van der Waals surface area contributed by atoms with Gasteiger partial charge in [0.2, 0.25) is 0 Å². The predicted molar refractivity (Wildman–Crippen MR) is 225 cm³/mol. The van der Waals surface area contributed by atoms with Crippen LogP contribution in [-0.2, 0) is 0 Å². The van der Waals surface area contributed by atoms with E-state index in [0.717, 1.165) is 72.0 Å². The van der Waals surface area contributed by atoms with Crippen molar-refractivity contribution in [1.82, 2.24) is 15.0 Å². The van der Waals surface area contributed by atoms with Crippen LogP contribution in [0.5, 0.6) is 0 Å². The molecule has 0 aliphatic carbocycles. The third kappa shape index (κ3) is 6.16. The Bertz CT molecular complexity index is 2940. The van der Waals surface area contributed by atoms with E-state index in [2.05, 4.69) is 158 Å². The highest BCUT2D eigenvalue weighted by Crippen LogP contribution is 2.40. The van der Waals surface area contributed by atoms with Crippen molar-refractivity contribution in [2.75, 3.05) is 0 Å². The number of nitrogens with zero attached hydrogens (tertiary/aromatic N) is 3. The Morgan fingerprint density at radius 3 is 1.13 bits per heavy atom. The number of hydrogen-bond donors (Lipinski definition) is 0. The van der Waals surface area contributed by atoms with Gasteiger partial charge in [-0.1, -0.05) is 194 Å². The summed E-state index contributed by atoms with van der Waals surface area (Å²) in [6, 6.07) is 69.2. The number of aromatic nitrogens is 3. The zero-order valence-electron chi connectivity index (χ0n) is 29.8. The Labute approximate surface area is 319 Å². The molecule has 8 aromatic carbocycles. The maximum atomic E-state index is 6.79. The average Bonchev–Trinajstić information content (AvgIpc) is 3.67. The van der Waals surface area contributed by atoms with Crippen LogP contribution in [0.4, 0.5) is 0 Å². The smallest absolute Gasteiger partial charge is 0.164 e. The van der Waals surface area contributed by atoms with Crippen molar-refractivity contribution in [2.24, 2.45) is 0 Å². The molecule has 4 nitrogen and oxygen atoms in total. The fourth-order valence-electron chi connectivity index (χ4n) is 7.37. The number of furan rings is 1. The minimum absolute atomic E-state index is 0.616. The molecule has 2 heterocycles. The Kier molecular flexibility index (Phi) is 8.12. The molecule has 0 aliphatic rings. The van der Waals surface area contributed by atoms with Gasteiger partial charge in [0, 0.05) is 38.6 Å². The molecule has 55 heavy (non-hydrogen) atoms. The SMILES string of the molecule is c1ccc(-c2ccc(-c3cccc4c3oc3c(-c5ccc(-c6nc(-c7ccccc7)nc(-c7cccc(-c8ccccc8)c7)n6)cc5)cccc34)cc2)cc1. The van der Waals surface area contributed by atoms with E-state index in [1.54, 1.807) is 0 Å². The van der Waals surface area contributed by atoms with Gasteiger partial charge in [0.1, 0.15) is 11.2 Å². The van der Waals surface area contributed by atoms with Crippen molar-refractivity contribution in [3.63, 3.8) is 0 Å². The highest BCUT2D eigenvalue weighted by atomic mass is 16.3. The second-order valence-electron chi connectivity index (χ2n) is 13.6. The van der Waals surface area contributed by atoms with E-state index in [1.165, 1.54) is 11.1 Å². The van der Waals surface area contributed by atoms with Crippen molar-refractivity contribution in [1.29, 1.82) is 0 Å².